The molecule has 1 aromatic carbocycles. The molecule has 0 spiro atoms. The van der Waals surface area contributed by atoms with Crippen molar-refractivity contribution in [2.24, 2.45) is 11.7 Å². The first-order chi connectivity index (χ1) is 10.1. The first-order valence-electron chi connectivity index (χ1n) is 7.78. The Hall–Kier alpha value is -1.39. The number of hydrogen-bond acceptors (Lipinski definition) is 3. The molecule has 0 saturated carbocycles. The fourth-order valence-corrected chi connectivity index (χ4v) is 2.74. The van der Waals surface area contributed by atoms with Gasteiger partial charge >= 0.3 is 0 Å². The van der Waals surface area contributed by atoms with Crippen LogP contribution in [0.4, 0.5) is 0 Å². The number of benzene rings is 1. The van der Waals surface area contributed by atoms with Crippen molar-refractivity contribution in [2.45, 2.75) is 45.4 Å². The van der Waals surface area contributed by atoms with Crippen LogP contribution in [0.3, 0.4) is 0 Å². The normalized spacial score (nSPS) is 21.7. The molecule has 2 atom stereocenters. The van der Waals surface area contributed by atoms with E-state index >= 15 is 0 Å². The Bertz CT molecular complexity index is 447. The summed E-state index contributed by atoms with van der Waals surface area (Å²) in [5, 5.41) is 0. The molecule has 1 aromatic rings. The third-order valence-corrected chi connectivity index (χ3v) is 3.76. The maximum Gasteiger partial charge on any atom is 0.252 e. The molecule has 0 radical (unpaired) electrons. The van der Waals surface area contributed by atoms with E-state index in [1.807, 2.05) is 23.1 Å². The molecule has 0 bridgehead atoms. The van der Waals surface area contributed by atoms with Crippen LogP contribution in [0.25, 0.3) is 0 Å². The minimum atomic E-state index is -0.319. The minimum Gasteiger partial charge on any atom is -0.364 e. The molecule has 1 fully saturated rings. The van der Waals surface area contributed by atoms with Gasteiger partial charge < -0.3 is 15.4 Å². The molecular formula is C17H26N2O2. The molecule has 21 heavy (non-hydrogen) atoms. The summed E-state index contributed by atoms with van der Waals surface area (Å²) in [4.78, 5) is 14.6. The van der Waals surface area contributed by atoms with E-state index in [9.17, 15) is 4.79 Å². The van der Waals surface area contributed by atoms with Gasteiger partial charge in [0.2, 0.25) is 0 Å². The third kappa shape index (κ3) is 4.55. The second kappa shape index (κ2) is 7.57. The van der Waals surface area contributed by atoms with E-state index in [0.717, 1.165) is 24.9 Å². The van der Waals surface area contributed by atoms with Gasteiger partial charge in [-0.25, -0.2) is 0 Å². The van der Waals surface area contributed by atoms with Crippen LogP contribution in [0.5, 0.6) is 0 Å². The van der Waals surface area contributed by atoms with Crippen molar-refractivity contribution in [3.05, 3.63) is 35.9 Å². The third-order valence-electron chi connectivity index (χ3n) is 3.76. The lowest BCUT2D eigenvalue weighted by Crippen LogP contribution is -2.41. The lowest BCUT2D eigenvalue weighted by Gasteiger charge is -2.27. The first-order valence-corrected chi connectivity index (χ1v) is 7.78. The van der Waals surface area contributed by atoms with E-state index in [1.54, 1.807) is 0 Å². The van der Waals surface area contributed by atoms with Gasteiger partial charge in [0.1, 0.15) is 6.10 Å². The standard InChI is InChI=1S/C17H26N2O2/c1-13(2)11-19(12-14-6-4-3-5-7-14)17(20)16-9-8-15(10-18)21-16/h3-7,13,15-16H,8-12,18H2,1-2H3/t15-,16+/m1/s1. The van der Waals surface area contributed by atoms with Crippen LogP contribution in [0.15, 0.2) is 30.3 Å². The van der Waals surface area contributed by atoms with Gasteiger partial charge in [0, 0.05) is 19.6 Å². The average Bonchev–Trinajstić information content (AvgIpc) is 2.95. The van der Waals surface area contributed by atoms with Crippen molar-refractivity contribution in [2.75, 3.05) is 13.1 Å². The number of hydrogen-bond donors (Lipinski definition) is 1. The molecule has 1 saturated heterocycles. The Kier molecular flexibility index (Phi) is 5.76. The molecule has 2 N–H and O–H groups in total. The number of nitrogens with two attached hydrogens (primary N) is 1. The highest BCUT2D eigenvalue weighted by Gasteiger charge is 2.33. The van der Waals surface area contributed by atoms with Gasteiger partial charge in [-0.1, -0.05) is 44.2 Å². The van der Waals surface area contributed by atoms with Crippen molar-refractivity contribution in [3.63, 3.8) is 0 Å². The zero-order chi connectivity index (χ0) is 15.2. The van der Waals surface area contributed by atoms with Gasteiger partial charge in [-0.3, -0.25) is 4.79 Å². The quantitative estimate of drug-likeness (QED) is 0.873. The lowest BCUT2D eigenvalue weighted by atomic mass is 10.1. The van der Waals surface area contributed by atoms with E-state index in [-0.39, 0.29) is 18.1 Å². The van der Waals surface area contributed by atoms with Crippen LogP contribution in [-0.2, 0) is 16.1 Å². The molecule has 4 heteroatoms. The Labute approximate surface area is 127 Å². The summed E-state index contributed by atoms with van der Waals surface area (Å²) < 4.78 is 5.76. The molecule has 116 valence electrons. The zero-order valence-electron chi connectivity index (χ0n) is 13.0. The summed E-state index contributed by atoms with van der Waals surface area (Å²) in [5.41, 5.74) is 6.78. The fraction of sp³-hybridized carbons (Fsp3) is 0.588. The Morgan fingerprint density at radius 2 is 2.05 bits per heavy atom. The molecule has 1 amide bonds. The van der Waals surface area contributed by atoms with Gasteiger partial charge in [-0.05, 0) is 24.3 Å². The summed E-state index contributed by atoms with van der Waals surface area (Å²) in [5.74, 6) is 0.535. The Morgan fingerprint density at radius 1 is 1.33 bits per heavy atom. The average molecular weight is 290 g/mol. The highest BCUT2D eigenvalue weighted by molar-refractivity contribution is 5.81. The summed E-state index contributed by atoms with van der Waals surface area (Å²) in [6, 6.07) is 10.1. The monoisotopic (exact) mass is 290 g/mol. The minimum absolute atomic E-state index is 0.0385. The lowest BCUT2D eigenvalue weighted by molar-refractivity contribution is -0.144. The van der Waals surface area contributed by atoms with Crippen molar-refractivity contribution in [1.82, 2.24) is 4.90 Å². The topological polar surface area (TPSA) is 55.6 Å². The highest BCUT2D eigenvalue weighted by atomic mass is 16.5. The Morgan fingerprint density at radius 3 is 2.62 bits per heavy atom. The van der Waals surface area contributed by atoms with Crippen LogP contribution in [0.1, 0.15) is 32.3 Å². The Balaban J connectivity index is 2.03. The van der Waals surface area contributed by atoms with Gasteiger partial charge in [-0.15, -0.1) is 0 Å². The number of carbonyl (C=O) groups excluding carboxylic acids is 1. The molecule has 0 aromatic heterocycles. The SMILES string of the molecule is CC(C)CN(Cc1ccccc1)C(=O)[C@@H]1CC[C@H](CN)O1. The molecule has 0 aliphatic carbocycles. The second-order valence-electron chi connectivity index (χ2n) is 6.16. The molecule has 1 aliphatic rings. The summed E-state index contributed by atoms with van der Waals surface area (Å²) in [6.07, 6.45) is 1.38. The largest absolute Gasteiger partial charge is 0.364 e. The van der Waals surface area contributed by atoms with Gasteiger partial charge in [-0.2, -0.15) is 0 Å². The van der Waals surface area contributed by atoms with Crippen molar-refractivity contribution >= 4 is 5.91 Å². The molecule has 4 nitrogen and oxygen atoms in total. The van der Waals surface area contributed by atoms with Crippen LogP contribution >= 0.6 is 0 Å². The summed E-state index contributed by atoms with van der Waals surface area (Å²) in [6.45, 7) is 6.14. The van der Waals surface area contributed by atoms with Gasteiger partial charge in [0.25, 0.3) is 5.91 Å². The first kappa shape index (κ1) is 16.0. The van der Waals surface area contributed by atoms with Crippen molar-refractivity contribution < 1.29 is 9.53 Å². The van der Waals surface area contributed by atoms with Crippen LogP contribution in [0, 0.1) is 5.92 Å². The van der Waals surface area contributed by atoms with E-state index in [1.165, 1.54) is 0 Å². The predicted molar refractivity (Wildman–Crippen MR) is 83.6 cm³/mol. The van der Waals surface area contributed by atoms with E-state index in [2.05, 4.69) is 26.0 Å². The molecule has 0 unspecified atom stereocenters. The van der Waals surface area contributed by atoms with E-state index in [0.29, 0.717) is 19.0 Å². The number of ether oxygens (including phenoxy) is 1. The van der Waals surface area contributed by atoms with Gasteiger partial charge in [0.05, 0.1) is 6.10 Å². The van der Waals surface area contributed by atoms with Crippen molar-refractivity contribution in [1.29, 1.82) is 0 Å². The number of nitrogens with zero attached hydrogens (tertiary/aromatic N) is 1. The predicted octanol–water partition coefficient (Wildman–Crippen LogP) is 2.18. The maximum atomic E-state index is 12.7. The fourth-order valence-electron chi connectivity index (χ4n) is 2.74. The number of rotatable bonds is 6. The summed E-state index contributed by atoms with van der Waals surface area (Å²) in [7, 11) is 0. The molecular weight excluding hydrogens is 264 g/mol. The van der Waals surface area contributed by atoms with Crippen LogP contribution in [-0.4, -0.2) is 36.1 Å². The maximum absolute atomic E-state index is 12.7. The second-order valence-corrected chi connectivity index (χ2v) is 6.16. The molecule has 1 aliphatic heterocycles. The smallest absolute Gasteiger partial charge is 0.252 e. The van der Waals surface area contributed by atoms with Crippen LogP contribution in [0.2, 0.25) is 0 Å². The summed E-state index contributed by atoms with van der Waals surface area (Å²) >= 11 is 0. The highest BCUT2D eigenvalue weighted by Crippen LogP contribution is 2.22. The van der Waals surface area contributed by atoms with Crippen molar-refractivity contribution in [3.8, 4) is 0 Å². The van der Waals surface area contributed by atoms with Crippen LogP contribution < -0.4 is 5.73 Å². The number of carbonyl (C=O) groups is 1. The molecule has 1 heterocycles. The van der Waals surface area contributed by atoms with E-state index in [4.69, 9.17) is 10.5 Å². The molecule has 2 rings (SSSR count). The zero-order valence-corrected chi connectivity index (χ0v) is 13.0. The van der Waals surface area contributed by atoms with E-state index < -0.39 is 0 Å². The van der Waals surface area contributed by atoms with Gasteiger partial charge in [0.15, 0.2) is 0 Å². The number of amides is 1.